The van der Waals surface area contributed by atoms with Crippen LogP contribution in [0.15, 0.2) is 18.2 Å². The van der Waals surface area contributed by atoms with Crippen molar-refractivity contribution in [3.05, 3.63) is 29.6 Å². The Morgan fingerprint density at radius 3 is 2.48 bits per heavy atom. The maximum atomic E-state index is 13.5. The van der Waals surface area contributed by atoms with E-state index in [1.165, 1.54) is 0 Å². The van der Waals surface area contributed by atoms with Gasteiger partial charge in [0.15, 0.2) is 0 Å². The zero-order valence-corrected chi connectivity index (χ0v) is 12.7. The lowest BCUT2D eigenvalue weighted by atomic mass is 9.82. The van der Waals surface area contributed by atoms with E-state index in [-0.39, 0.29) is 22.6 Å². The predicted molar refractivity (Wildman–Crippen MR) is 79.0 cm³/mol. The van der Waals surface area contributed by atoms with Crippen molar-refractivity contribution < 1.29 is 19.1 Å². The van der Waals surface area contributed by atoms with Crippen molar-refractivity contribution in [2.24, 2.45) is 11.3 Å². The minimum absolute atomic E-state index is 0.0434. The molecule has 0 aliphatic heterocycles. The van der Waals surface area contributed by atoms with Gasteiger partial charge in [0.05, 0.1) is 11.3 Å². The maximum absolute atomic E-state index is 13.5. The molecule has 0 fully saturated rings. The lowest BCUT2D eigenvalue weighted by Gasteiger charge is -2.27. The highest BCUT2D eigenvalue weighted by atomic mass is 19.1. The number of hydrogen-bond acceptors (Lipinski definition) is 2. The Morgan fingerprint density at radius 2 is 1.95 bits per heavy atom. The average Bonchev–Trinajstić information content (AvgIpc) is 2.37. The van der Waals surface area contributed by atoms with E-state index in [1.54, 1.807) is 0 Å². The van der Waals surface area contributed by atoms with E-state index in [0.29, 0.717) is 6.54 Å². The molecule has 5 nitrogen and oxygen atoms in total. The Labute approximate surface area is 123 Å². The fourth-order valence-corrected chi connectivity index (χ4v) is 1.47. The molecule has 0 radical (unpaired) electrons. The van der Waals surface area contributed by atoms with E-state index in [2.05, 4.69) is 31.4 Å². The molecule has 1 aromatic carbocycles. The number of hydrogen-bond donors (Lipinski definition) is 3. The zero-order valence-electron chi connectivity index (χ0n) is 12.7. The summed E-state index contributed by atoms with van der Waals surface area (Å²) in [5.41, 5.74) is -0.201. The Bertz CT molecular complexity index is 538. The number of aromatic carboxylic acids is 1. The van der Waals surface area contributed by atoms with Crippen molar-refractivity contribution in [2.75, 3.05) is 11.9 Å². The van der Waals surface area contributed by atoms with E-state index >= 15 is 0 Å². The van der Waals surface area contributed by atoms with Gasteiger partial charge in [-0.2, -0.15) is 0 Å². The minimum atomic E-state index is -1.18. The molecule has 0 bridgehead atoms. The van der Waals surface area contributed by atoms with E-state index in [1.807, 2.05) is 6.92 Å². The highest BCUT2D eigenvalue weighted by Crippen LogP contribution is 2.24. The number of rotatable bonds is 4. The van der Waals surface area contributed by atoms with Crippen LogP contribution in [0.1, 0.15) is 38.1 Å². The molecular weight excluding hydrogens is 275 g/mol. The van der Waals surface area contributed by atoms with Crippen LogP contribution in [0.25, 0.3) is 0 Å². The van der Waals surface area contributed by atoms with Crippen LogP contribution in [-0.4, -0.2) is 23.7 Å². The van der Waals surface area contributed by atoms with Gasteiger partial charge >= 0.3 is 12.0 Å². The molecule has 1 unspecified atom stereocenters. The molecule has 0 spiro atoms. The summed E-state index contributed by atoms with van der Waals surface area (Å²) in [6, 6.07) is 2.68. The number of anilines is 1. The van der Waals surface area contributed by atoms with E-state index < -0.39 is 17.8 Å². The standard InChI is InChI=1S/C15H21FN2O3/c1-9(15(2,3)4)8-17-14(21)18-12-7-10(13(19)20)5-6-11(12)16/h5-7,9H,8H2,1-4H3,(H,19,20)(H2,17,18,21). The monoisotopic (exact) mass is 296 g/mol. The molecule has 1 rings (SSSR count). The van der Waals surface area contributed by atoms with Crippen LogP contribution in [0.3, 0.4) is 0 Å². The van der Waals surface area contributed by atoms with Crippen molar-refractivity contribution in [3.8, 4) is 0 Å². The Balaban J connectivity index is 2.67. The number of carboxylic acids is 1. The highest BCUT2D eigenvalue weighted by molar-refractivity contribution is 5.93. The van der Waals surface area contributed by atoms with Gasteiger partial charge < -0.3 is 15.7 Å². The average molecular weight is 296 g/mol. The molecular formula is C15H21FN2O3. The SMILES string of the molecule is CC(CNC(=O)Nc1cc(C(=O)O)ccc1F)C(C)(C)C. The molecule has 3 N–H and O–H groups in total. The molecule has 6 heteroatoms. The first-order valence-electron chi connectivity index (χ1n) is 6.69. The summed E-state index contributed by atoms with van der Waals surface area (Å²) >= 11 is 0. The van der Waals surface area contributed by atoms with Crippen LogP contribution in [0.4, 0.5) is 14.9 Å². The van der Waals surface area contributed by atoms with Crippen molar-refractivity contribution in [2.45, 2.75) is 27.7 Å². The summed E-state index contributed by atoms with van der Waals surface area (Å²) < 4.78 is 13.5. The van der Waals surface area contributed by atoms with Crippen molar-refractivity contribution in [3.63, 3.8) is 0 Å². The lowest BCUT2D eigenvalue weighted by molar-refractivity contribution is 0.0697. The molecule has 0 saturated carbocycles. The molecule has 1 atom stereocenters. The molecule has 116 valence electrons. The number of amides is 2. The molecule has 0 aliphatic carbocycles. The second-order valence-corrected chi connectivity index (χ2v) is 6.10. The van der Waals surface area contributed by atoms with Gasteiger partial charge in [0, 0.05) is 6.54 Å². The van der Waals surface area contributed by atoms with Gasteiger partial charge in [0.1, 0.15) is 5.82 Å². The third-order valence-corrected chi connectivity index (χ3v) is 3.51. The minimum Gasteiger partial charge on any atom is -0.478 e. The second kappa shape index (κ2) is 6.56. The maximum Gasteiger partial charge on any atom is 0.335 e. The lowest BCUT2D eigenvalue weighted by Crippen LogP contribution is -2.36. The van der Waals surface area contributed by atoms with Crippen LogP contribution in [0, 0.1) is 17.2 Å². The number of carbonyl (C=O) groups excluding carboxylic acids is 1. The Hall–Kier alpha value is -2.11. The van der Waals surface area contributed by atoms with Crippen LogP contribution in [0.5, 0.6) is 0 Å². The van der Waals surface area contributed by atoms with Crippen molar-refractivity contribution >= 4 is 17.7 Å². The highest BCUT2D eigenvalue weighted by Gasteiger charge is 2.20. The number of nitrogens with one attached hydrogen (secondary N) is 2. The summed E-state index contributed by atoms with van der Waals surface area (Å²) in [5, 5.41) is 13.8. The summed E-state index contributed by atoms with van der Waals surface area (Å²) in [7, 11) is 0. The first kappa shape index (κ1) is 16.9. The molecule has 0 aromatic heterocycles. The van der Waals surface area contributed by atoms with Gasteiger partial charge in [-0.25, -0.2) is 14.0 Å². The summed E-state index contributed by atoms with van der Waals surface area (Å²) in [6.07, 6.45) is 0. The van der Waals surface area contributed by atoms with Crippen LogP contribution < -0.4 is 10.6 Å². The smallest absolute Gasteiger partial charge is 0.335 e. The number of halogens is 1. The number of benzene rings is 1. The third-order valence-electron chi connectivity index (χ3n) is 3.51. The van der Waals surface area contributed by atoms with Crippen LogP contribution in [0.2, 0.25) is 0 Å². The van der Waals surface area contributed by atoms with E-state index in [9.17, 15) is 14.0 Å². The van der Waals surface area contributed by atoms with Gasteiger partial charge in [-0.3, -0.25) is 0 Å². The van der Waals surface area contributed by atoms with E-state index in [4.69, 9.17) is 5.11 Å². The first-order valence-corrected chi connectivity index (χ1v) is 6.69. The fraction of sp³-hybridized carbons (Fsp3) is 0.467. The Kier molecular flexibility index (Phi) is 5.29. The topological polar surface area (TPSA) is 78.4 Å². The molecule has 1 aromatic rings. The Morgan fingerprint density at radius 1 is 1.33 bits per heavy atom. The van der Waals surface area contributed by atoms with Gasteiger partial charge in [-0.05, 0) is 29.5 Å². The largest absolute Gasteiger partial charge is 0.478 e. The van der Waals surface area contributed by atoms with E-state index in [0.717, 1.165) is 18.2 Å². The fourth-order valence-electron chi connectivity index (χ4n) is 1.47. The molecule has 0 heterocycles. The van der Waals surface area contributed by atoms with Crippen LogP contribution >= 0.6 is 0 Å². The number of urea groups is 1. The number of carbonyl (C=O) groups is 2. The van der Waals surface area contributed by atoms with Crippen molar-refractivity contribution in [1.29, 1.82) is 0 Å². The number of carboxylic acid groups (broad SMARTS) is 1. The van der Waals surface area contributed by atoms with Crippen LogP contribution in [-0.2, 0) is 0 Å². The predicted octanol–water partition coefficient (Wildman–Crippen LogP) is 3.33. The third kappa shape index (κ3) is 5.06. The van der Waals surface area contributed by atoms with Gasteiger partial charge in [-0.1, -0.05) is 27.7 Å². The quantitative estimate of drug-likeness (QED) is 0.797. The van der Waals surface area contributed by atoms with Gasteiger partial charge in [0.2, 0.25) is 0 Å². The summed E-state index contributed by atoms with van der Waals surface area (Å²) in [4.78, 5) is 22.6. The van der Waals surface area contributed by atoms with Gasteiger partial charge in [-0.15, -0.1) is 0 Å². The summed E-state index contributed by atoms with van der Waals surface area (Å²) in [5.74, 6) is -1.63. The molecule has 0 saturated heterocycles. The normalized spacial score (nSPS) is 12.6. The molecule has 0 aliphatic rings. The molecule has 2 amide bonds. The summed E-state index contributed by atoms with van der Waals surface area (Å²) in [6.45, 7) is 8.63. The van der Waals surface area contributed by atoms with Crippen molar-refractivity contribution in [1.82, 2.24) is 5.32 Å². The second-order valence-electron chi connectivity index (χ2n) is 6.10. The van der Waals surface area contributed by atoms with Gasteiger partial charge in [0.25, 0.3) is 0 Å². The molecule has 21 heavy (non-hydrogen) atoms. The first-order chi connectivity index (χ1) is 9.61. The zero-order chi connectivity index (χ0) is 16.2.